The zero-order valence-electron chi connectivity index (χ0n) is 18.4. The van der Waals surface area contributed by atoms with Crippen LogP contribution in [0.2, 0.25) is 0 Å². The first-order valence-electron chi connectivity index (χ1n) is 10.4. The normalized spacial score (nSPS) is 15.2. The molecule has 0 saturated heterocycles. The molecule has 1 amide bonds. The van der Waals surface area contributed by atoms with Crippen LogP contribution in [0.1, 0.15) is 53.9 Å². The van der Waals surface area contributed by atoms with Crippen molar-refractivity contribution in [1.29, 1.82) is 0 Å². The maximum absolute atomic E-state index is 14.6. The van der Waals surface area contributed by atoms with Crippen molar-refractivity contribution in [2.24, 2.45) is 0 Å². The summed E-state index contributed by atoms with van der Waals surface area (Å²) in [4.78, 5) is 28.4. The molecule has 184 valence electrons. The molecule has 34 heavy (non-hydrogen) atoms. The van der Waals surface area contributed by atoms with Crippen molar-refractivity contribution in [3.63, 3.8) is 0 Å². The van der Waals surface area contributed by atoms with Gasteiger partial charge in [0.15, 0.2) is 11.6 Å². The molecule has 0 bridgehead atoms. The molecule has 1 aliphatic carbocycles. The largest absolute Gasteiger partial charge is 0.505 e. The van der Waals surface area contributed by atoms with Gasteiger partial charge in [0.1, 0.15) is 22.8 Å². The molecule has 1 aromatic carbocycles. The van der Waals surface area contributed by atoms with E-state index in [-0.39, 0.29) is 36.1 Å². The fourth-order valence-corrected chi connectivity index (χ4v) is 3.49. The van der Waals surface area contributed by atoms with Crippen molar-refractivity contribution < 1.29 is 41.8 Å². The number of Topliss-reactive ketones (excluding diaryl/α,β-unsaturated/α-hetero) is 1. The second kappa shape index (κ2) is 8.94. The van der Waals surface area contributed by atoms with Gasteiger partial charge in [-0.3, -0.25) is 14.6 Å². The fourth-order valence-electron chi connectivity index (χ4n) is 3.49. The highest BCUT2D eigenvalue weighted by atomic mass is 19.4. The minimum atomic E-state index is -4.60. The quantitative estimate of drug-likeness (QED) is 0.496. The van der Waals surface area contributed by atoms with Crippen LogP contribution in [-0.2, 0) is 23.1 Å². The molecule has 1 heterocycles. The number of amides is 1. The summed E-state index contributed by atoms with van der Waals surface area (Å²) in [5.41, 5.74) is -4.33. The highest BCUT2D eigenvalue weighted by molar-refractivity contribution is 5.93. The third-order valence-corrected chi connectivity index (χ3v) is 5.89. The Labute approximate surface area is 191 Å². The van der Waals surface area contributed by atoms with Gasteiger partial charge < -0.3 is 15.5 Å². The summed E-state index contributed by atoms with van der Waals surface area (Å²) in [6, 6.07) is 3.35. The molecule has 0 unspecified atom stereocenters. The molecule has 0 aliphatic heterocycles. The van der Waals surface area contributed by atoms with Crippen molar-refractivity contribution in [3.8, 4) is 5.75 Å². The van der Waals surface area contributed by atoms with Crippen molar-refractivity contribution in [2.75, 3.05) is 6.61 Å². The number of nitrogens with zero attached hydrogens (tertiary/aromatic N) is 1. The average Bonchev–Trinajstić information content (AvgIpc) is 3.54. The number of aromatic hydroxyl groups is 1. The van der Waals surface area contributed by atoms with Crippen LogP contribution in [0.25, 0.3) is 0 Å². The summed E-state index contributed by atoms with van der Waals surface area (Å²) < 4.78 is 68.4. The minimum Gasteiger partial charge on any atom is -0.505 e. The lowest BCUT2D eigenvalue weighted by molar-refractivity contribution is -0.163. The van der Waals surface area contributed by atoms with Crippen LogP contribution in [0, 0.1) is 11.6 Å². The van der Waals surface area contributed by atoms with Crippen molar-refractivity contribution in [3.05, 3.63) is 58.4 Å². The van der Waals surface area contributed by atoms with E-state index in [1.165, 1.54) is 19.9 Å². The van der Waals surface area contributed by atoms with E-state index in [2.05, 4.69) is 4.98 Å². The summed E-state index contributed by atoms with van der Waals surface area (Å²) in [5, 5.41) is 21.5. The molecule has 2 aromatic rings. The van der Waals surface area contributed by atoms with Gasteiger partial charge in [-0.1, -0.05) is 13.8 Å². The highest BCUT2D eigenvalue weighted by Gasteiger charge is 2.64. The van der Waals surface area contributed by atoms with E-state index in [1.807, 2.05) is 5.32 Å². The number of benzene rings is 1. The van der Waals surface area contributed by atoms with Crippen molar-refractivity contribution >= 4 is 11.7 Å². The van der Waals surface area contributed by atoms with Gasteiger partial charge in [0.2, 0.25) is 0 Å². The Balaban J connectivity index is 1.74. The van der Waals surface area contributed by atoms with Crippen LogP contribution >= 0.6 is 0 Å². The van der Waals surface area contributed by atoms with Crippen LogP contribution < -0.4 is 5.32 Å². The third kappa shape index (κ3) is 5.03. The molecule has 3 rings (SSSR count). The Morgan fingerprint density at radius 3 is 2.35 bits per heavy atom. The van der Waals surface area contributed by atoms with E-state index in [1.54, 1.807) is 0 Å². The van der Waals surface area contributed by atoms with E-state index in [0.717, 1.165) is 18.3 Å². The Morgan fingerprint density at radius 2 is 1.79 bits per heavy atom. The van der Waals surface area contributed by atoms with Crippen molar-refractivity contribution in [1.82, 2.24) is 10.3 Å². The van der Waals surface area contributed by atoms with Gasteiger partial charge in [0.25, 0.3) is 5.91 Å². The molecule has 0 radical (unpaired) electrons. The highest BCUT2D eigenvalue weighted by Crippen LogP contribution is 2.49. The standard InChI is InChI=1S/C23H23F5N2O4/c1-21(2,11-31)15-10-16(24)14(18(25)19(15)33)9-13(32)7-12-3-6-29-17(8-12)20(34)30-22(4-5-22)23(26,27)28/h3,6,8,10,31,33H,4-5,7,9,11H2,1-2H3,(H,30,34). The average molecular weight is 486 g/mol. The Kier molecular flexibility index (Phi) is 6.71. The molecule has 1 fully saturated rings. The zero-order chi connectivity index (χ0) is 25.5. The molecule has 1 saturated carbocycles. The number of nitrogens with one attached hydrogen (secondary N) is 1. The van der Waals surface area contributed by atoms with E-state index >= 15 is 0 Å². The number of aromatic nitrogens is 1. The maximum atomic E-state index is 14.6. The van der Waals surface area contributed by atoms with Crippen LogP contribution in [-0.4, -0.2) is 45.2 Å². The van der Waals surface area contributed by atoms with Gasteiger partial charge in [0.05, 0.1) is 6.61 Å². The third-order valence-electron chi connectivity index (χ3n) is 5.89. The number of pyridine rings is 1. The number of alkyl halides is 3. The van der Waals surface area contributed by atoms with Crippen LogP contribution in [0.4, 0.5) is 22.0 Å². The second-order valence-electron chi connectivity index (χ2n) is 9.06. The van der Waals surface area contributed by atoms with Gasteiger partial charge in [-0.15, -0.1) is 0 Å². The zero-order valence-corrected chi connectivity index (χ0v) is 18.4. The van der Waals surface area contributed by atoms with E-state index in [4.69, 9.17) is 0 Å². The van der Waals surface area contributed by atoms with Gasteiger partial charge in [-0.05, 0) is 36.6 Å². The van der Waals surface area contributed by atoms with Gasteiger partial charge in [0, 0.05) is 35.6 Å². The predicted molar refractivity (Wildman–Crippen MR) is 110 cm³/mol. The summed E-state index contributed by atoms with van der Waals surface area (Å²) in [6.07, 6.45) is -5.03. The molecule has 6 nitrogen and oxygen atoms in total. The Morgan fingerprint density at radius 1 is 1.15 bits per heavy atom. The second-order valence-corrected chi connectivity index (χ2v) is 9.06. The van der Waals surface area contributed by atoms with E-state index in [0.29, 0.717) is 0 Å². The molecule has 1 aliphatic rings. The number of rotatable bonds is 8. The molecule has 1 aromatic heterocycles. The van der Waals surface area contributed by atoms with Crippen LogP contribution in [0.3, 0.4) is 0 Å². The lowest BCUT2D eigenvalue weighted by Crippen LogP contribution is -2.48. The first-order chi connectivity index (χ1) is 15.7. The number of aliphatic hydroxyl groups excluding tert-OH is 1. The summed E-state index contributed by atoms with van der Waals surface area (Å²) in [5.74, 6) is -4.98. The number of hydrogen-bond donors (Lipinski definition) is 3. The number of phenolic OH excluding ortho intramolecular Hbond substituents is 1. The lowest BCUT2D eigenvalue weighted by atomic mass is 9.83. The summed E-state index contributed by atoms with van der Waals surface area (Å²) in [7, 11) is 0. The van der Waals surface area contributed by atoms with E-state index in [9.17, 15) is 41.8 Å². The van der Waals surface area contributed by atoms with Crippen molar-refractivity contribution in [2.45, 2.75) is 56.7 Å². The van der Waals surface area contributed by atoms with Gasteiger partial charge in [-0.2, -0.15) is 13.2 Å². The Bertz CT molecular complexity index is 1130. The molecular formula is C23H23F5N2O4. The monoisotopic (exact) mass is 486 g/mol. The number of halogens is 5. The fraction of sp³-hybridized carbons (Fsp3) is 0.435. The smallest absolute Gasteiger partial charge is 0.411 e. The van der Waals surface area contributed by atoms with Crippen LogP contribution in [0.15, 0.2) is 24.4 Å². The summed E-state index contributed by atoms with van der Waals surface area (Å²) >= 11 is 0. The number of hydrogen-bond acceptors (Lipinski definition) is 5. The number of aliphatic hydroxyl groups is 1. The first-order valence-corrected chi connectivity index (χ1v) is 10.4. The lowest BCUT2D eigenvalue weighted by Gasteiger charge is -2.24. The number of carbonyl (C=O) groups excluding carboxylic acids is 2. The number of phenols is 1. The first kappa shape index (κ1) is 25.5. The predicted octanol–water partition coefficient (Wildman–Crippen LogP) is 3.51. The topological polar surface area (TPSA) is 99.5 Å². The number of carbonyl (C=O) groups is 2. The number of ketones is 1. The SMILES string of the molecule is CC(C)(CO)c1cc(F)c(CC(=O)Cc2ccnc(C(=O)NC3(C(F)(F)F)CC3)c2)c(F)c1O. The van der Waals surface area contributed by atoms with Gasteiger partial charge in [-0.25, -0.2) is 8.78 Å². The van der Waals surface area contributed by atoms with E-state index < -0.39 is 64.8 Å². The van der Waals surface area contributed by atoms with Crippen LogP contribution in [0.5, 0.6) is 5.75 Å². The van der Waals surface area contributed by atoms with Gasteiger partial charge >= 0.3 is 6.18 Å². The molecule has 0 atom stereocenters. The molecule has 11 heteroatoms. The molecular weight excluding hydrogens is 463 g/mol. The molecule has 3 N–H and O–H groups in total. The Hall–Kier alpha value is -3.08. The summed E-state index contributed by atoms with van der Waals surface area (Å²) in [6.45, 7) is 2.46. The maximum Gasteiger partial charge on any atom is 0.411 e. The molecule has 0 spiro atoms. The minimum absolute atomic E-state index is 0.154.